The van der Waals surface area contributed by atoms with Crippen molar-refractivity contribution in [3.8, 4) is 0 Å². The average molecular weight is 331 g/mol. The van der Waals surface area contributed by atoms with Crippen LogP contribution in [0.4, 0.5) is 0 Å². The second kappa shape index (κ2) is 5.13. The van der Waals surface area contributed by atoms with Gasteiger partial charge in [-0.3, -0.25) is 0 Å². The molecule has 0 N–H and O–H groups in total. The zero-order chi connectivity index (χ0) is 14.1. The van der Waals surface area contributed by atoms with Gasteiger partial charge >= 0.3 is 5.97 Å². The van der Waals surface area contributed by atoms with Crippen LogP contribution in [0.2, 0.25) is 0 Å². The van der Waals surface area contributed by atoms with Crippen molar-refractivity contribution in [2.24, 2.45) is 0 Å². The number of halogens is 1. The molecule has 1 aromatic heterocycles. The smallest absolute Gasteiger partial charge is 0.343 e. The van der Waals surface area contributed by atoms with Gasteiger partial charge in [0.2, 0.25) is 0 Å². The molecule has 1 aliphatic rings. The molecule has 2 aromatic rings. The zero-order valence-corrected chi connectivity index (χ0v) is 12.3. The Morgan fingerprint density at radius 1 is 1.10 bits per heavy atom. The fraction of sp³-hybridized carbons (Fsp3) is 0.0625. The van der Waals surface area contributed by atoms with Crippen LogP contribution in [0.1, 0.15) is 17.1 Å². The lowest BCUT2D eigenvalue weighted by Gasteiger charge is -2.01. The van der Waals surface area contributed by atoms with E-state index in [0.29, 0.717) is 17.1 Å². The number of hydrogen-bond donors (Lipinski definition) is 0. The molecular weight excluding hydrogens is 320 g/mol. The molecule has 0 bridgehead atoms. The van der Waals surface area contributed by atoms with E-state index in [0.717, 1.165) is 15.8 Å². The fourth-order valence-electron chi connectivity index (χ4n) is 1.93. The molecule has 0 spiro atoms. The number of aryl methyl sites for hydroxylation is 1. The van der Waals surface area contributed by atoms with Gasteiger partial charge in [0.05, 0.1) is 5.57 Å². The molecule has 20 heavy (non-hydrogen) atoms. The molecule has 1 aliphatic heterocycles. The summed E-state index contributed by atoms with van der Waals surface area (Å²) < 4.78 is 11.7. The minimum Gasteiger partial charge on any atom is -0.462 e. The highest BCUT2D eigenvalue weighted by Gasteiger charge is 2.22. The summed E-state index contributed by atoms with van der Waals surface area (Å²) in [5.41, 5.74) is 1.35. The Balaban J connectivity index is 1.92. The Kier molecular flexibility index (Phi) is 3.32. The van der Waals surface area contributed by atoms with E-state index in [1.165, 1.54) is 0 Å². The van der Waals surface area contributed by atoms with Crippen LogP contribution in [0, 0.1) is 6.92 Å². The van der Waals surface area contributed by atoms with Gasteiger partial charge in [0.15, 0.2) is 0 Å². The third-order valence-electron chi connectivity index (χ3n) is 2.91. The Labute approximate surface area is 124 Å². The van der Waals surface area contributed by atoms with Crippen LogP contribution in [0.3, 0.4) is 0 Å². The number of carbonyl (C=O) groups excluding carboxylic acids is 1. The van der Waals surface area contributed by atoms with Gasteiger partial charge in [-0.15, -0.1) is 0 Å². The summed E-state index contributed by atoms with van der Waals surface area (Å²) in [6.07, 6.45) is 3.41. The van der Waals surface area contributed by atoms with Crippen molar-refractivity contribution < 1.29 is 13.9 Å². The Morgan fingerprint density at radius 2 is 1.85 bits per heavy atom. The topological polar surface area (TPSA) is 39.4 Å². The lowest BCUT2D eigenvalue weighted by molar-refractivity contribution is -0.130. The highest BCUT2D eigenvalue weighted by Crippen LogP contribution is 2.28. The Hall–Kier alpha value is -2.07. The van der Waals surface area contributed by atoms with Crippen LogP contribution in [0.15, 0.2) is 56.9 Å². The minimum absolute atomic E-state index is 0.364. The molecule has 0 amide bonds. The highest BCUT2D eigenvalue weighted by atomic mass is 79.9. The van der Waals surface area contributed by atoms with E-state index in [1.54, 1.807) is 12.2 Å². The molecule has 3 rings (SSSR count). The van der Waals surface area contributed by atoms with Crippen LogP contribution in [-0.2, 0) is 9.53 Å². The lowest BCUT2D eigenvalue weighted by Crippen LogP contribution is -1.96. The summed E-state index contributed by atoms with van der Waals surface area (Å²) in [4.78, 5) is 11.8. The molecule has 0 saturated carbocycles. The molecule has 0 aliphatic carbocycles. The number of benzene rings is 1. The summed E-state index contributed by atoms with van der Waals surface area (Å²) in [5, 5.41) is 0. The third-order valence-corrected chi connectivity index (χ3v) is 3.44. The molecule has 0 unspecified atom stereocenters. The molecule has 1 aromatic carbocycles. The SMILES string of the molecule is Cc1ccc(/C=C2\C=C(c3ccc(Br)cc3)OC2=O)o1. The Bertz CT molecular complexity index is 720. The Morgan fingerprint density at radius 3 is 2.50 bits per heavy atom. The number of cyclic esters (lactones) is 1. The van der Waals surface area contributed by atoms with Crippen LogP contribution in [0.25, 0.3) is 11.8 Å². The lowest BCUT2D eigenvalue weighted by atomic mass is 10.1. The van der Waals surface area contributed by atoms with Crippen LogP contribution in [-0.4, -0.2) is 5.97 Å². The van der Waals surface area contributed by atoms with E-state index < -0.39 is 0 Å². The molecule has 100 valence electrons. The van der Waals surface area contributed by atoms with E-state index in [2.05, 4.69) is 15.9 Å². The van der Waals surface area contributed by atoms with E-state index in [4.69, 9.17) is 9.15 Å². The summed E-state index contributed by atoms with van der Waals surface area (Å²) in [6.45, 7) is 1.86. The quantitative estimate of drug-likeness (QED) is 0.607. The first kappa shape index (κ1) is 12.9. The summed E-state index contributed by atoms with van der Waals surface area (Å²) in [6, 6.07) is 11.3. The minimum atomic E-state index is -0.364. The number of furan rings is 1. The predicted octanol–water partition coefficient (Wildman–Crippen LogP) is 4.33. The standard InChI is InChI=1S/C16H11BrO3/c1-10-2-7-14(19-10)8-12-9-15(20-16(12)18)11-3-5-13(17)6-4-11/h2-9H,1H3/b12-8+. The van der Waals surface area contributed by atoms with Gasteiger partial charge in [-0.25, -0.2) is 4.79 Å². The third kappa shape index (κ3) is 2.60. The van der Waals surface area contributed by atoms with Crippen LogP contribution >= 0.6 is 15.9 Å². The van der Waals surface area contributed by atoms with Crippen molar-refractivity contribution in [1.82, 2.24) is 0 Å². The van der Waals surface area contributed by atoms with Gasteiger partial charge in [-0.2, -0.15) is 0 Å². The maximum absolute atomic E-state index is 11.8. The van der Waals surface area contributed by atoms with E-state index in [9.17, 15) is 4.79 Å². The van der Waals surface area contributed by atoms with Gasteiger partial charge in [0.1, 0.15) is 17.3 Å². The van der Waals surface area contributed by atoms with Crippen molar-refractivity contribution in [2.45, 2.75) is 6.92 Å². The van der Waals surface area contributed by atoms with Crippen molar-refractivity contribution in [3.63, 3.8) is 0 Å². The van der Waals surface area contributed by atoms with Crippen LogP contribution < -0.4 is 0 Å². The van der Waals surface area contributed by atoms with E-state index in [1.807, 2.05) is 43.3 Å². The monoisotopic (exact) mass is 330 g/mol. The van der Waals surface area contributed by atoms with Gasteiger partial charge in [-0.1, -0.05) is 28.1 Å². The number of carbonyl (C=O) groups is 1. The van der Waals surface area contributed by atoms with Crippen molar-refractivity contribution in [3.05, 3.63) is 69.6 Å². The predicted molar refractivity (Wildman–Crippen MR) is 79.6 cm³/mol. The number of ether oxygens (including phenoxy) is 1. The average Bonchev–Trinajstić information content (AvgIpc) is 2.98. The highest BCUT2D eigenvalue weighted by molar-refractivity contribution is 9.10. The van der Waals surface area contributed by atoms with Gasteiger partial charge < -0.3 is 9.15 Å². The van der Waals surface area contributed by atoms with Gasteiger partial charge in [-0.05, 0) is 43.3 Å². The van der Waals surface area contributed by atoms with Crippen molar-refractivity contribution >= 4 is 33.7 Å². The molecule has 0 radical (unpaired) electrons. The van der Waals surface area contributed by atoms with Gasteiger partial charge in [0, 0.05) is 10.0 Å². The maximum atomic E-state index is 11.8. The van der Waals surface area contributed by atoms with E-state index >= 15 is 0 Å². The first-order chi connectivity index (χ1) is 9.61. The number of esters is 1. The van der Waals surface area contributed by atoms with Crippen LogP contribution in [0.5, 0.6) is 0 Å². The van der Waals surface area contributed by atoms with Crippen molar-refractivity contribution in [1.29, 1.82) is 0 Å². The molecule has 0 saturated heterocycles. The number of rotatable bonds is 2. The maximum Gasteiger partial charge on any atom is 0.343 e. The summed E-state index contributed by atoms with van der Waals surface area (Å²) >= 11 is 3.37. The molecule has 4 heteroatoms. The molecular formula is C16H11BrO3. The fourth-order valence-corrected chi connectivity index (χ4v) is 2.19. The normalized spacial score (nSPS) is 16.4. The molecule has 3 nitrogen and oxygen atoms in total. The zero-order valence-electron chi connectivity index (χ0n) is 10.7. The summed E-state index contributed by atoms with van der Waals surface area (Å²) in [7, 11) is 0. The molecule has 0 fully saturated rings. The first-order valence-electron chi connectivity index (χ1n) is 6.10. The second-order valence-corrected chi connectivity index (χ2v) is 5.37. The largest absolute Gasteiger partial charge is 0.462 e. The van der Waals surface area contributed by atoms with Gasteiger partial charge in [0.25, 0.3) is 0 Å². The van der Waals surface area contributed by atoms with E-state index in [-0.39, 0.29) is 5.97 Å². The number of hydrogen-bond acceptors (Lipinski definition) is 3. The van der Waals surface area contributed by atoms with Crippen molar-refractivity contribution in [2.75, 3.05) is 0 Å². The molecule has 0 atom stereocenters. The second-order valence-electron chi connectivity index (χ2n) is 4.45. The first-order valence-corrected chi connectivity index (χ1v) is 6.89. The molecule has 2 heterocycles. The summed E-state index contributed by atoms with van der Waals surface area (Å²) in [5.74, 6) is 1.64.